The van der Waals surface area contributed by atoms with Crippen LogP contribution in [-0.2, 0) is 4.79 Å². The van der Waals surface area contributed by atoms with Crippen molar-refractivity contribution >= 4 is 5.97 Å². The van der Waals surface area contributed by atoms with Crippen molar-refractivity contribution in [3.8, 4) is 0 Å². The van der Waals surface area contributed by atoms with Crippen molar-refractivity contribution in [1.82, 2.24) is 0 Å². The highest BCUT2D eigenvalue weighted by Crippen LogP contribution is 1.97. The van der Waals surface area contributed by atoms with E-state index in [2.05, 4.69) is 0 Å². The Morgan fingerprint density at radius 1 is 1.80 bits per heavy atom. The Morgan fingerprint density at radius 2 is 2.30 bits per heavy atom. The van der Waals surface area contributed by atoms with Crippen LogP contribution in [0.3, 0.4) is 0 Å². The topological polar surface area (TPSA) is 83.5 Å². The predicted molar refractivity (Wildman–Crippen MR) is 36.5 cm³/mol. The maximum absolute atomic E-state index is 10.2. The molecule has 0 aromatic heterocycles. The fourth-order valence-corrected chi connectivity index (χ4v) is 0.528. The molecule has 0 radical (unpaired) electrons. The molecular formula is C6H11NO3. The fourth-order valence-electron chi connectivity index (χ4n) is 0.528. The summed E-state index contributed by atoms with van der Waals surface area (Å²) < 4.78 is 0. The smallest absolute Gasteiger partial charge is 0.324 e. The SMILES string of the molecule is C/C=C(\CO)[C@H](N)C(=O)O. The van der Waals surface area contributed by atoms with E-state index in [0.29, 0.717) is 5.57 Å². The maximum Gasteiger partial charge on any atom is 0.324 e. The highest BCUT2D eigenvalue weighted by molar-refractivity contribution is 5.77. The van der Waals surface area contributed by atoms with Crippen LogP contribution in [0.15, 0.2) is 11.6 Å². The summed E-state index contributed by atoms with van der Waals surface area (Å²) in [6, 6.07) is -1.07. The average molecular weight is 145 g/mol. The molecule has 0 bridgehead atoms. The van der Waals surface area contributed by atoms with Crippen LogP contribution in [0.4, 0.5) is 0 Å². The minimum Gasteiger partial charge on any atom is -0.480 e. The summed E-state index contributed by atoms with van der Waals surface area (Å²) in [6.45, 7) is 1.33. The third-order valence-corrected chi connectivity index (χ3v) is 1.22. The molecule has 0 aliphatic carbocycles. The number of rotatable bonds is 3. The minimum absolute atomic E-state index is 0.302. The van der Waals surface area contributed by atoms with Crippen molar-refractivity contribution in [3.05, 3.63) is 11.6 Å². The van der Waals surface area contributed by atoms with Crippen LogP contribution in [0.1, 0.15) is 6.92 Å². The van der Waals surface area contributed by atoms with E-state index in [-0.39, 0.29) is 6.61 Å². The molecule has 0 aliphatic rings. The Hall–Kier alpha value is -0.870. The first-order valence-electron chi connectivity index (χ1n) is 2.87. The first-order chi connectivity index (χ1) is 4.63. The number of hydrogen-bond acceptors (Lipinski definition) is 3. The second kappa shape index (κ2) is 4.03. The lowest BCUT2D eigenvalue weighted by molar-refractivity contribution is -0.137. The molecule has 0 aromatic rings. The summed E-state index contributed by atoms with van der Waals surface area (Å²) in [6.07, 6.45) is 1.50. The van der Waals surface area contributed by atoms with Crippen LogP contribution in [0.25, 0.3) is 0 Å². The third kappa shape index (κ3) is 2.16. The Morgan fingerprint density at radius 3 is 2.40 bits per heavy atom. The number of aliphatic hydroxyl groups excluding tert-OH is 1. The third-order valence-electron chi connectivity index (χ3n) is 1.22. The Labute approximate surface area is 59.0 Å². The zero-order valence-electron chi connectivity index (χ0n) is 5.74. The molecule has 4 nitrogen and oxygen atoms in total. The normalized spacial score (nSPS) is 14.9. The van der Waals surface area contributed by atoms with Crippen LogP contribution in [-0.4, -0.2) is 28.8 Å². The molecule has 0 unspecified atom stereocenters. The largest absolute Gasteiger partial charge is 0.480 e. The number of allylic oxidation sites excluding steroid dienone is 1. The van der Waals surface area contributed by atoms with Crippen LogP contribution < -0.4 is 5.73 Å². The van der Waals surface area contributed by atoms with E-state index in [0.717, 1.165) is 0 Å². The zero-order chi connectivity index (χ0) is 8.15. The summed E-state index contributed by atoms with van der Waals surface area (Å²) in [5.41, 5.74) is 5.48. The summed E-state index contributed by atoms with van der Waals surface area (Å²) in [5, 5.41) is 16.9. The number of hydrogen-bond donors (Lipinski definition) is 3. The van der Waals surface area contributed by atoms with Crippen LogP contribution in [0.5, 0.6) is 0 Å². The summed E-state index contributed by atoms with van der Waals surface area (Å²) in [7, 11) is 0. The van der Waals surface area contributed by atoms with E-state index >= 15 is 0 Å². The van der Waals surface area contributed by atoms with Crippen molar-refractivity contribution in [2.75, 3.05) is 6.61 Å². The summed E-state index contributed by atoms with van der Waals surface area (Å²) >= 11 is 0. The lowest BCUT2D eigenvalue weighted by Gasteiger charge is -2.06. The second-order valence-electron chi connectivity index (χ2n) is 1.84. The minimum atomic E-state index is -1.12. The standard InChI is InChI=1S/C6H11NO3/c1-2-4(3-8)5(7)6(9)10/h2,5,8H,3,7H2,1H3,(H,9,10)/b4-2+/t5-/m0/s1. The van der Waals surface area contributed by atoms with Gasteiger partial charge in [-0.05, 0) is 12.5 Å². The van der Waals surface area contributed by atoms with Gasteiger partial charge in [0.1, 0.15) is 6.04 Å². The second-order valence-corrected chi connectivity index (χ2v) is 1.84. The Balaban J connectivity index is 4.17. The van der Waals surface area contributed by atoms with Gasteiger partial charge in [-0.25, -0.2) is 0 Å². The maximum atomic E-state index is 10.2. The first kappa shape index (κ1) is 9.13. The van der Waals surface area contributed by atoms with Crippen molar-refractivity contribution < 1.29 is 15.0 Å². The molecule has 4 N–H and O–H groups in total. The number of carboxylic acid groups (broad SMARTS) is 1. The van der Waals surface area contributed by atoms with E-state index in [1.165, 1.54) is 6.08 Å². The van der Waals surface area contributed by atoms with Gasteiger partial charge in [-0.15, -0.1) is 0 Å². The lowest BCUT2D eigenvalue weighted by Crippen LogP contribution is -2.33. The van der Waals surface area contributed by atoms with Crippen molar-refractivity contribution in [2.24, 2.45) is 5.73 Å². The molecule has 0 heterocycles. The molecule has 0 rings (SSSR count). The molecule has 1 atom stereocenters. The molecule has 0 aliphatic heterocycles. The van der Waals surface area contributed by atoms with Gasteiger partial charge in [0.15, 0.2) is 0 Å². The summed E-state index contributed by atoms with van der Waals surface area (Å²) in [5.74, 6) is -1.12. The van der Waals surface area contributed by atoms with Gasteiger partial charge in [-0.2, -0.15) is 0 Å². The Bertz CT molecular complexity index is 153. The van der Waals surface area contributed by atoms with Crippen LogP contribution in [0, 0.1) is 0 Å². The molecule has 0 saturated heterocycles. The van der Waals surface area contributed by atoms with Gasteiger partial charge < -0.3 is 15.9 Å². The van der Waals surface area contributed by atoms with E-state index in [1.54, 1.807) is 6.92 Å². The van der Waals surface area contributed by atoms with Crippen LogP contribution >= 0.6 is 0 Å². The van der Waals surface area contributed by atoms with E-state index in [4.69, 9.17) is 15.9 Å². The van der Waals surface area contributed by atoms with Gasteiger partial charge in [0, 0.05) is 0 Å². The van der Waals surface area contributed by atoms with Gasteiger partial charge in [0.05, 0.1) is 6.61 Å². The number of carboxylic acids is 1. The van der Waals surface area contributed by atoms with Gasteiger partial charge in [0.2, 0.25) is 0 Å². The molecule has 58 valence electrons. The molecule has 0 fully saturated rings. The van der Waals surface area contributed by atoms with Crippen LogP contribution in [0.2, 0.25) is 0 Å². The molecular weight excluding hydrogens is 134 g/mol. The fraction of sp³-hybridized carbons (Fsp3) is 0.500. The molecule has 10 heavy (non-hydrogen) atoms. The number of aliphatic hydroxyl groups is 1. The highest BCUT2D eigenvalue weighted by Gasteiger charge is 2.14. The Kier molecular flexibility index (Phi) is 3.68. The lowest BCUT2D eigenvalue weighted by atomic mass is 10.1. The van der Waals surface area contributed by atoms with Gasteiger partial charge in [-0.3, -0.25) is 4.79 Å². The van der Waals surface area contributed by atoms with E-state index in [9.17, 15) is 4.79 Å². The highest BCUT2D eigenvalue weighted by atomic mass is 16.4. The average Bonchev–Trinajstić information content (AvgIpc) is 1.90. The first-order valence-corrected chi connectivity index (χ1v) is 2.87. The molecule has 0 spiro atoms. The molecule has 4 heteroatoms. The zero-order valence-corrected chi connectivity index (χ0v) is 5.74. The van der Waals surface area contributed by atoms with Crippen molar-refractivity contribution in [1.29, 1.82) is 0 Å². The number of nitrogens with two attached hydrogens (primary N) is 1. The predicted octanol–water partition coefficient (Wildman–Crippen LogP) is -0.663. The monoisotopic (exact) mass is 145 g/mol. The quantitative estimate of drug-likeness (QED) is 0.460. The van der Waals surface area contributed by atoms with Crippen molar-refractivity contribution in [2.45, 2.75) is 13.0 Å². The molecule has 0 saturated carbocycles. The van der Waals surface area contributed by atoms with Gasteiger partial charge in [-0.1, -0.05) is 6.08 Å². The molecule has 0 aromatic carbocycles. The summed E-state index contributed by atoms with van der Waals surface area (Å²) in [4.78, 5) is 10.2. The van der Waals surface area contributed by atoms with Gasteiger partial charge in [0.25, 0.3) is 0 Å². The number of carbonyl (C=O) groups is 1. The van der Waals surface area contributed by atoms with E-state index in [1.807, 2.05) is 0 Å². The number of aliphatic carboxylic acids is 1. The van der Waals surface area contributed by atoms with Crippen molar-refractivity contribution in [3.63, 3.8) is 0 Å². The van der Waals surface area contributed by atoms with Gasteiger partial charge >= 0.3 is 5.97 Å². The molecule has 0 amide bonds. The van der Waals surface area contributed by atoms with E-state index < -0.39 is 12.0 Å².